The van der Waals surface area contributed by atoms with Crippen molar-refractivity contribution in [1.82, 2.24) is 10.3 Å². The van der Waals surface area contributed by atoms with Gasteiger partial charge >= 0.3 is 0 Å². The lowest BCUT2D eigenvalue weighted by Crippen LogP contribution is -2.17. The first-order chi connectivity index (χ1) is 11.2. The zero-order valence-electron chi connectivity index (χ0n) is 12.6. The van der Waals surface area contributed by atoms with Crippen LogP contribution in [0.5, 0.6) is 0 Å². The number of aromatic nitrogens is 1. The van der Waals surface area contributed by atoms with E-state index in [-0.39, 0.29) is 5.91 Å². The van der Waals surface area contributed by atoms with Crippen molar-refractivity contribution in [2.24, 2.45) is 0 Å². The molecule has 0 aliphatic rings. The van der Waals surface area contributed by atoms with Gasteiger partial charge in [0, 0.05) is 23.0 Å². The van der Waals surface area contributed by atoms with Gasteiger partial charge in [-0.05, 0) is 42.0 Å². The van der Waals surface area contributed by atoms with Crippen LogP contribution in [0, 0.1) is 0 Å². The molecule has 3 nitrogen and oxygen atoms in total. The molecule has 0 aliphatic heterocycles. The number of benzene rings is 2. The molecule has 1 amide bonds. The molecule has 1 heterocycles. The van der Waals surface area contributed by atoms with Crippen LogP contribution in [0.4, 0.5) is 0 Å². The van der Waals surface area contributed by atoms with Crippen molar-refractivity contribution in [2.75, 3.05) is 7.05 Å². The molecular formula is C19H15ClN2O. The lowest BCUT2D eigenvalue weighted by atomic mass is 10.1. The molecule has 0 atom stereocenters. The van der Waals surface area contributed by atoms with Crippen molar-refractivity contribution < 1.29 is 4.79 Å². The molecule has 23 heavy (non-hydrogen) atoms. The summed E-state index contributed by atoms with van der Waals surface area (Å²) in [6.45, 7) is 0. The summed E-state index contributed by atoms with van der Waals surface area (Å²) >= 11 is 6.01. The van der Waals surface area contributed by atoms with Crippen LogP contribution >= 0.6 is 11.6 Å². The molecule has 0 unspecified atom stereocenters. The molecule has 0 saturated carbocycles. The zero-order valence-corrected chi connectivity index (χ0v) is 13.3. The molecule has 3 rings (SSSR count). The normalized spacial score (nSPS) is 11.0. The number of carbonyl (C=O) groups is 1. The minimum Gasteiger partial charge on any atom is -0.355 e. The first-order valence-electron chi connectivity index (χ1n) is 7.22. The van der Waals surface area contributed by atoms with Gasteiger partial charge in [-0.15, -0.1) is 0 Å². The van der Waals surface area contributed by atoms with Gasteiger partial charge in [-0.1, -0.05) is 41.9 Å². The summed E-state index contributed by atoms with van der Waals surface area (Å²) in [5.41, 5.74) is 3.37. The van der Waals surface area contributed by atoms with Gasteiger partial charge in [0.05, 0.1) is 11.2 Å². The Hall–Kier alpha value is -2.65. The highest BCUT2D eigenvalue weighted by Crippen LogP contribution is 2.19. The highest BCUT2D eigenvalue weighted by molar-refractivity contribution is 6.31. The minimum absolute atomic E-state index is 0.0893. The van der Waals surface area contributed by atoms with Gasteiger partial charge in [0.15, 0.2) is 0 Å². The van der Waals surface area contributed by atoms with E-state index < -0.39 is 0 Å². The van der Waals surface area contributed by atoms with E-state index in [1.165, 1.54) is 0 Å². The van der Waals surface area contributed by atoms with Gasteiger partial charge in [0.25, 0.3) is 5.91 Å². The number of amides is 1. The Kier molecular flexibility index (Phi) is 4.40. The molecule has 0 fully saturated rings. The number of rotatable bonds is 3. The van der Waals surface area contributed by atoms with Gasteiger partial charge < -0.3 is 5.32 Å². The maximum Gasteiger partial charge on any atom is 0.251 e. The summed E-state index contributed by atoms with van der Waals surface area (Å²) < 4.78 is 0. The van der Waals surface area contributed by atoms with Crippen LogP contribution in [0.15, 0.2) is 54.6 Å². The van der Waals surface area contributed by atoms with E-state index in [1.54, 1.807) is 19.2 Å². The number of hydrogen-bond donors (Lipinski definition) is 1. The Morgan fingerprint density at radius 1 is 1.04 bits per heavy atom. The number of carbonyl (C=O) groups excluding carboxylic acids is 1. The molecule has 4 heteroatoms. The number of nitrogens with one attached hydrogen (secondary N) is 1. The fraction of sp³-hybridized carbons (Fsp3) is 0.0526. The van der Waals surface area contributed by atoms with Crippen LogP contribution < -0.4 is 5.32 Å². The number of hydrogen-bond acceptors (Lipinski definition) is 2. The number of halogens is 1. The molecule has 1 N–H and O–H groups in total. The molecule has 114 valence electrons. The summed E-state index contributed by atoms with van der Waals surface area (Å²) in [5, 5.41) is 4.34. The van der Waals surface area contributed by atoms with Gasteiger partial charge in [-0.3, -0.25) is 4.79 Å². The maximum atomic E-state index is 11.5. The average Bonchev–Trinajstić information content (AvgIpc) is 2.59. The SMILES string of the molecule is CNC(=O)c1ccc(/C=C/c2ccc3ccc(Cl)cc3n2)cc1. The van der Waals surface area contributed by atoms with Crippen molar-refractivity contribution in [2.45, 2.75) is 0 Å². The van der Waals surface area contributed by atoms with Crippen molar-refractivity contribution in [3.05, 3.63) is 76.4 Å². The van der Waals surface area contributed by atoms with Crippen LogP contribution in [0.3, 0.4) is 0 Å². The first kappa shape index (κ1) is 15.3. The molecule has 0 spiro atoms. The zero-order chi connectivity index (χ0) is 16.2. The van der Waals surface area contributed by atoms with Gasteiger partial charge in [-0.25, -0.2) is 4.98 Å². The highest BCUT2D eigenvalue weighted by Gasteiger charge is 2.01. The van der Waals surface area contributed by atoms with Crippen LogP contribution in [-0.4, -0.2) is 17.9 Å². The lowest BCUT2D eigenvalue weighted by Gasteiger charge is -2.01. The van der Waals surface area contributed by atoms with Gasteiger partial charge in [0.2, 0.25) is 0 Å². The molecule has 0 saturated heterocycles. The number of pyridine rings is 1. The topological polar surface area (TPSA) is 42.0 Å². The Balaban J connectivity index is 1.83. The summed E-state index contributed by atoms with van der Waals surface area (Å²) in [6, 6.07) is 17.0. The van der Waals surface area contributed by atoms with E-state index in [4.69, 9.17) is 11.6 Å². The smallest absolute Gasteiger partial charge is 0.251 e. The van der Waals surface area contributed by atoms with Crippen molar-refractivity contribution >= 4 is 40.6 Å². The second-order valence-electron chi connectivity index (χ2n) is 5.11. The molecule has 0 bridgehead atoms. The van der Waals surface area contributed by atoms with E-state index in [9.17, 15) is 4.79 Å². The Morgan fingerprint density at radius 3 is 2.52 bits per heavy atom. The van der Waals surface area contributed by atoms with E-state index in [0.717, 1.165) is 22.2 Å². The third-order valence-electron chi connectivity index (χ3n) is 3.52. The van der Waals surface area contributed by atoms with E-state index in [0.29, 0.717) is 10.6 Å². The predicted octanol–water partition coefficient (Wildman–Crippen LogP) is 4.42. The summed E-state index contributed by atoms with van der Waals surface area (Å²) in [7, 11) is 1.62. The Labute approximate surface area is 139 Å². The van der Waals surface area contributed by atoms with E-state index in [2.05, 4.69) is 10.3 Å². The largest absolute Gasteiger partial charge is 0.355 e. The Bertz CT molecular complexity index is 886. The standard InChI is InChI=1S/C19H15ClN2O/c1-21-19(23)15-5-2-13(3-6-15)4-10-17-11-8-14-7-9-16(20)12-18(14)22-17/h2-12H,1H3,(H,21,23)/b10-4+. The third-order valence-corrected chi connectivity index (χ3v) is 3.76. The number of nitrogens with zero attached hydrogens (tertiary/aromatic N) is 1. The molecule has 0 aliphatic carbocycles. The molecule has 1 aromatic heterocycles. The van der Waals surface area contributed by atoms with Crippen LogP contribution in [0.25, 0.3) is 23.1 Å². The van der Waals surface area contributed by atoms with Crippen molar-refractivity contribution in [1.29, 1.82) is 0 Å². The monoisotopic (exact) mass is 322 g/mol. The second-order valence-corrected chi connectivity index (χ2v) is 5.54. The molecule has 3 aromatic rings. The predicted molar refractivity (Wildman–Crippen MR) is 95.5 cm³/mol. The van der Waals surface area contributed by atoms with Crippen LogP contribution in [0.1, 0.15) is 21.6 Å². The lowest BCUT2D eigenvalue weighted by molar-refractivity contribution is 0.0963. The molecule has 0 radical (unpaired) electrons. The quantitative estimate of drug-likeness (QED) is 0.775. The van der Waals surface area contributed by atoms with Crippen LogP contribution in [-0.2, 0) is 0 Å². The third kappa shape index (κ3) is 3.58. The molecule has 2 aromatic carbocycles. The van der Waals surface area contributed by atoms with Crippen molar-refractivity contribution in [3.8, 4) is 0 Å². The van der Waals surface area contributed by atoms with Crippen molar-refractivity contribution in [3.63, 3.8) is 0 Å². The van der Waals surface area contributed by atoms with Gasteiger partial charge in [0.1, 0.15) is 0 Å². The average molecular weight is 323 g/mol. The van der Waals surface area contributed by atoms with Gasteiger partial charge in [-0.2, -0.15) is 0 Å². The fourth-order valence-electron chi connectivity index (χ4n) is 2.27. The maximum absolute atomic E-state index is 11.5. The summed E-state index contributed by atoms with van der Waals surface area (Å²) in [5.74, 6) is -0.0893. The minimum atomic E-state index is -0.0893. The van der Waals surface area contributed by atoms with Crippen LogP contribution in [0.2, 0.25) is 5.02 Å². The summed E-state index contributed by atoms with van der Waals surface area (Å²) in [4.78, 5) is 16.1. The van der Waals surface area contributed by atoms with E-state index in [1.807, 2.05) is 54.6 Å². The Morgan fingerprint density at radius 2 is 1.78 bits per heavy atom. The molecular weight excluding hydrogens is 308 g/mol. The summed E-state index contributed by atoms with van der Waals surface area (Å²) in [6.07, 6.45) is 3.90. The van der Waals surface area contributed by atoms with E-state index >= 15 is 0 Å². The number of fused-ring (bicyclic) bond motifs is 1. The first-order valence-corrected chi connectivity index (χ1v) is 7.60. The second kappa shape index (κ2) is 6.63. The fourth-order valence-corrected chi connectivity index (χ4v) is 2.44. The highest BCUT2D eigenvalue weighted by atomic mass is 35.5.